The molecule has 1 aromatic heterocycles. The SMILES string of the molecule is O=C(CNC(=O)N1CCN(c2ccccn2)CC1)NC1CCC2OC=CC(=O)C2C1. The molecule has 0 aromatic carbocycles. The standard InChI is InChI=1S/C21H27N5O4/c27-17-6-12-30-18-5-4-15(13-16(17)18)24-20(28)14-23-21(29)26-10-8-25(9-11-26)19-3-1-2-7-22-19/h1-3,6-7,12,15-16,18H,4-5,8-11,13-14H2,(H,23,29)(H,24,28). The van der Waals surface area contributed by atoms with Gasteiger partial charge >= 0.3 is 6.03 Å². The van der Waals surface area contributed by atoms with Crippen molar-refractivity contribution in [2.75, 3.05) is 37.6 Å². The van der Waals surface area contributed by atoms with E-state index >= 15 is 0 Å². The molecule has 1 aliphatic carbocycles. The molecule has 160 valence electrons. The molecule has 3 heterocycles. The quantitative estimate of drug-likeness (QED) is 0.752. The van der Waals surface area contributed by atoms with Crippen molar-refractivity contribution in [2.24, 2.45) is 5.92 Å². The number of carbonyl (C=O) groups excluding carboxylic acids is 3. The number of ether oxygens (including phenoxy) is 1. The van der Waals surface area contributed by atoms with Crippen LogP contribution in [0.3, 0.4) is 0 Å². The van der Waals surface area contributed by atoms with E-state index < -0.39 is 0 Å². The smallest absolute Gasteiger partial charge is 0.317 e. The van der Waals surface area contributed by atoms with Crippen LogP contribution in [0.2, 0.25) is 0 Å². The number of rotatable bonds is 4. The fourth-order valence-corrected chi connectivity index (χ4v) is 4.29. The number of allylic oxidation sites excluding steroid dienone is 1. The summed E-state index contributed by atoms with van der Waals surface area (Å²) >= 11 is 0. The van der Waals surface area contributed by atoms with E-state index in [0.29, 0.717) is 32.6 Å². The first-order valence-electron chi connectivity index (χ1n) is 10.4. The van der Waals surface area contributed by atoms with Gasteiger partial charge in [-0.2, -0.15) is 0 Å². The number of ketones is 1. The Kier molecular flexibility index (Phi) is 6.15. The lowest BCUT2D eigenvalue weighted by Gasteiger charge is -2.36. The van der Waals surface area contributed by atoms with Crippen LogP contribution in [0.15, 0.2) is 36.7 Å². The number of hydrogen-bond acceptors (Lipinski definition) is 6. The number of pyridine rings is 1. The molecule has 2 fully saturated rings. The fraction of sp³-hybridized carbons (Fsp3) is 0.524. The number of hydrogen-bond donors (Lipinski definition) is 2. The van der Waals surface area contributed by atoms with E-state index in [2.05, 4.69) is 20.5 Å². The van der Waals surface area contributed by atoms with Crippen LogP contribution < -0.4 is 15.5 Å². The maximum Gasteiger partial charge on any atom is 0.317 e. The largest absolute Gasteiger partial charge is 0.497 e. The van der Waals surface area contributed by atoms with Crippen molar-refractivity contribution < 1.29 is 19.1 Å². The molecule has 9 heteroatoms. The first-order chi connectivity index (χ1) is 14.6. The number of amides is 3. The fourth-order valence-electron chi connectivity index (χ4n) is 4.29. The van der Waals surface area contributed by atoms with Crippen molar-refractivity contribution in [3.63, 3.8) is 0 Å². The zero-order valence-corrected chi connectivity index (χ0v) is 16.8. The van der Waals surface area contributed by atoms with Crippen molar-refractivity contribution in [3.05, 3.63) is 36.7 Å². The average molecular weight is 413 g/mol. The Bertz CT molecular complexity index is 807. The van der Waals surface area contributed by atoms with E-state index in [1.165, 1.54) is 12.3 Å². The maximum absolute atomic E-state index is 12.4. The number of urea groups is 1. The van der Waals surface area contributed by atoms with Gasteiger partial charge in [-0.25, -0.2) is 9.78 Å². The van der Waals surface area contributed by atoms with E-state index in [1.807, 2.05) is 18.2 Å². The van der Waals surface area contributed by atoms with Gasteiger partial charge in [0, 0.05) is 44.5 Å². The van der Waals surface area contributed by atoms with E-state index in [0.717, 1.165) is 18.7 Å². The van der Waals surface area contributed by atoms with Crippen molar-refractivity contribution in [2.45, 2.75) is 31.4 Å². The molecule has 1 aromatic rings. The summed E-state index contributed by atoms with van der Waals surface area (Å²) in [4.78, 5) is 44.9. The molecule has 1 saturated heterocycles. The summed E-state index contributed by atoms with van der Waals surface area (Å²) in [5, 5.41) is 5.64. The minimum absolute atomic E-state index is 0.0587. The summed E-state index contributed by atoms with van der Waals surface area (Å²) in [5.41, 5.74) is 0. The summed E-state index contributed by atoms with van der Waals surface area (Å²) in [6.45, 7) is 2.47. The average Bonchev–Trinajstić information content (AvgIpc) is 2.79. The third-order valence-corrected chi connectivity index (χ3v) is 5.94. The molecule has 0 bridgehead atoms. The second kappa shape index (κ2) is 9.15. The van der Waals surface area contributed by atoms with Crippen LogP contribution in [-0.4, -0.2) is 72.5 Å². The zero-order chi connectivity index (χ0) is 20.9. The number of aromatic nitrogens is 1. The molecule has 4 rings (SSSR count). The molecular formula is C21H27N5O4. The lowest BCUT2D eigenvalue weighted by molar-refractivity contribution is -0.128. The van der Waals surface area contributed by atoms with Gasteiger partial charge in [0.15, 0.2) is 5.78 Å². The first kappa shape index (κ1) is 20.2. The lowest BCUT2D eigenvalue weighted by Crippen LogP contribution is -2.54. The van der Waals surface area contributed by atoms with Crippen molar-refractivity contribution in [1.82, 2.24) is 20.5 Å². The minimum atomic E-state index is -0.240. The molecule has 30 heavy (non-hydrogen) atoms. The second-order valence-corrected chi connectivity index (χ2v) is 7.88. The van der Waals surface area contributed by atoms with Crippen LogP contribution in [-0.2, 0) is 14.3 Å². The molecule has 3 atom stereocenters. The molecule has 0 spiro atoms. The molecule has 3 amide bonds. The van der Waals surface area contributed by atoms with Gasteiger partial charge < -0.3 is 25.2 Å². The summed E-state index contributed by atoms with van der Waals surface area (Å²) in [7, 11) is 0. The van der Waals surface area contributed by atoms with Gasteiger partial charge in [-0.05, 0) is 31.4 Å². The molecule has 3 aliphatic rings. The Morgan fingerprint density at radius 3 is 2.77 bits per heavy atom. The predicted molar refractivity (Wildman–Crippen MR) is 110 cm³/mol. The van der Waals surface area contributed by atoms with Crippen LogP contribution >= 0.6 is 0 Å². The van der Waals surface area contributed by atoms with Crippen LogP contribution in [0, 0.1) is 5.92 Å². The molecule has 1 saturated carbocycles. The maximum atomic E-state index is 12.4. The third kappa shape index (κ3) is 4.72. The number of piperazine rings is 1. The van der Waals surface area contributed by atoms with Gasteiger partial charge in [0.25, 0.3) is 0 Å². The molecule has 2 aliphatic heterocycles. The number of nitrogens with one attached hydrogen (secondary N) is 2. The number of anilines is 1. The Balaban J connectivity index is 1.18. The zero-order valence-electron chi connectivity index (χ0n) is 16.8. The molecule has 3 unspecified atom stereocenters. The van der Waals surface area contributed by atoms with Gasteiger partial charge in [0.05, 0.1) is 18.7 Å². The van der Waals surface area contributed by atoms with Gasteiger partial charge in [-0.3, -0.25) is 9.59 Å². The number of fused-ring (bicyclic) bond motifs is 1. The van der Waals surface area contributed by atoms with Gasteiger partial charge in [-0.1, -0.05) is 6.07 Å². The van der Waals surface area contributed by atoms with Crippen molar-refractivity contribution in [3.8, 4) is 0 Å². The number of nitrogens with zero attached hydrogens (tertiary/aromatic N) is 3. The van der Waals surface area contributed by atoms with E-state index in [9.17, 15) is 14.4 Å². The molecule has 9 nitrogen and oxygen atoms in total. The predicted octanol–water partition coefficient (Wildman–Crippen LogP) is 0.680. The summed E-state index contributed by atoms with van der Waals surface area (Å²) < 4.78 is 5.50. The highest BCUT2D eigenvalue weighted by molar-refractivity contribution is 5.92. The molecule has 2 N–H and O–H groups in total. The van der Waals surface area contributed by atoms with Crippen LogP contribution in [0.5, 0.6) is 0 Å². The van der Waals surface area contributed by atoms with E-state index in [1.54, 1.807) is 11.1 Å². The first-order valence-corrected chi connectivity index (χ1v) is 10.4. The van der Waals surface area contributed by atoms with Gasteiger partial charge in [0.1, 0.15) is 11.9 Å². The Labute approximate surface area is 175 Å². The number of carbonyl (C=O) groups is 3. The Hall–Kier alpha value is -3.10. The van der Waals surface area contributed by atoms with Crippen molar-refractivity contribution in [1.29, 1.82) is 0 Å². The third-order valence-electron chi connectivity index (χ3n) is 5.94. The molecule has 0 radical (unpaired) electrons. The van der Waals surface area contributed by atoms with Gasteiger partial charge in [0.2, 0.25) is 5.91 Å². The monoisotopic (exact) mass is 413 g/mol. The highest BCUT2D eigenvalue weighted by Crippen LogP contribution is 2.30. The Morgan fingerprint density at radius 1 is 1.17 bits per heavy atom. The highest BCUT2D eigenvalue weighted by Gasteiger charge is 2.37. The second-order valence-electron chi connectivity index (χ2n) is 7.88. The van der Waals surface area contributed by atoms with Crippen LogP contribution in [0.4, 0.5) is 10.6 Å². The summed E-state index contributed by atoms with van der Waals surface area (Å²) in [6.07, 6.45) is 6.67. The summed E-state index contributed by atoms with van der Waals surface area (Å²) in [6, 6.07) is 5.46. The lowest BCUT2D eigenvalue weighted by atomic mass is 9.80. The van der Waals surface area contributed by atoms with Crippen LogP contribution in [0.1, 0.15) is 19.3 Å². The minimum Gasteiger partial charge on any atom is -0.497 e. The highest BCUT2D eigenvalue weighted by atomic mass is 16.5. The van der Waals surface area contributed by atoms with E-state index in [4.69, 9.17) is 4.74 Å². The van der Waals surface area contributed by atoms with Gasteiger partial charge in [-0.15, -0.1) is 0 Å². The van der Waals surface area contributed by atoms with Crippen molar-refractivity contribution >= 4 is 23.5 Å². The van der Waals surface area contributed by atoms with E-state index in [-0.39, 0.29) is 42.3 Å². The molecular weight excluding hydrogens is 386 g/mol. The summed E-state index contributed by atoms with van der Waals surface area (Å²) in [5.74, 6) is 0.532. The van der Waals surface area contributed by atoms with Crippen LogP contribution in [0.25, 0.3) is 0 Å². The normalized spacial score (nSPS) is 25.9. The topological polar surface area (TPSA) is 104 Å². The Morgan fingerprint density at radius 2 is 2.00 bits per heavy atom.